The minimum atomic E-state index is 0.531. The van der Waals surface area contributed by atoms with Gasteiger partial charge in [-0.25, -0.2) is 0 Å². The maximum atomic E-state index is 4.18. The summed E-state index contributed by atoms with van der Waals surface area (Å²) in [5.74, 6) is 0.531. The molecule has 0 spiro atoms. The lowest BCUT2D eigenvalue weighted by Gasteiger charge is -2.10. The highest BCUT2D eigenvalue weighted by Crippen LogP contribution is 2.21. The van der Waals surface area contributed by atoms with Crippen molar-refractivity contribution in [3.05, 3.63) is 42.0 Å². The third-order valence-electron chi connectivity index (χ3n) is 4.59. The second-order valence-electron chi connectivity index (χ2n) is 6.96. The van der Waals surface area contributed by atoms with Crippen molar-refractivity contribution < 1.29 is 0 Å². The van der Waals surface area contributed by atoms with Crippen molar-refractivity contribution in [3.63, 3.8) is 0 Å². The fourth-order valence-corrected chi connectivity index (χ4v) is 2.86. The molecule has 0 nitrogen and oxygen atoms in total. The van der Waals surface area contributed by atoms with E-state index in [0.717, 1.165) is 0 Å². The van der Waals surface area contributed by atoms with E-state index in [1.807, 2.05) is 0 Å². The molecule has 0 aliphatic carbocycles. The van der Waals surface area contributed by atoms with Crippen molar-refractivity contribution in [2.24, 2.45) is 5.92 Å². The molecule has 124 valence electrons. The maximum Gasteiger partial charge on any atom is -0.0219 e. The highest BCUT2D eigenvalue weighted by Gasteiger charge is 2.03. The first kappa shape index (κ1) is 19.0. The molecule has 0 saturated carbocycles. The average Bonchev–Trinajstić information content (AvgIpc) is 2.53. The average molecular weight is 301 g/mol. The summed E-state index contributed by atoms with van der Waals surface area (Å²) < 4.78 is 0. The lowest BCUT2D eigenvalue weighted by molar-refractivity contribution is 0.565. The van der Waals surface area contributed by atoms with E-state index in [2.05, 4.69) is 51.6 Å². The third kappa shape index (κ3) is 7.82. The summed E-state index contributed by atoms with van der Waals surface area (Å²) in [6.07, 6.45) is 13.9. The number of unbranched alkanes of at least 4 members (excludes halogenated alkanes) is 8. The van der Waals surface area contributed by atoms with Crippen LogP contribution in [0, 0.1) is 5.92 Å². The highest BCUT2D eigenvalue weighted by atomic mass is 14.1. The molecular weight excluding hydrogens is 264 g/mol. The molecule has 1 rings (SSSR count). The highest BCUT2D eigenvalue weighted by molar-refractivity contribution is 5.64. The Morgan fingerprint density at radius 3 is 1.82 bits per heavy atom. The minimum absolute atomic E-state index is 0.531. The van der Waals surface area contributed by atoms with Gasteiger partial charge in [0.05, 0.1) is 0 Å². The lowest BCUT2D eigenvalue weighted by Crippen LogP contribution is -1.93. The van der Waals surface area contributed by atoms with Gasteiger partial charge in [0.1, 0.15) is 0 Å². The van der Waals surface area contributed by atoms with Crippen LogP contribution >= 0.6 is 0 Å². The Hall–Kier alpha value is -1.04. The Balaban J connectivity index is 2.11. The Morgan fingerprint density at radius 1 is 0.818 bits per heavy atom. The molecule has 0 N–H and O–H groups in total. The molecule has 0 atom stereocenters. The number of benzene rings is 1. The summed E-state index contributed by atoms with van der Waals surface area (Å²) in [6.45, 7) is 10.9. The Kier molecular flexibility index (Phi) is 9.95. The van der Waals surface area contributed by atoms with E-state index in [9.17, 15) is 0 Å². The quantitative estimate of drug-likeness (QED) is 0.352. The van der Waals surface area contributed by atoms with Crippen LogP contribution in [0.1, 0.15) is 89.7 Å². The van der Waals surface area contributed by atoms with Crippen molar-refractivity contribution in [1.82, 2.24) is 0 Å². The molecular formula is C22H36. The maximum absolute atomic E-state index is 4.18. The van der Waals surface area contributed by atoms with E-state index in [4.69, 9.17) is 0 Å². The molecule has 0 radical (unpaired) electrons. The molecule has 0 bridgehead atoms. The van der Waals surface area contributed by atoms with Crippen LogP contribution in [-0.2, 0) is 6.42 Å². The van der Waals surface area contributed by atoms with Crippen LogP contribution < -0.4 is 0 Å². The molecule has 0 aliphatic heterocycles. The number of aryl methyl sites for hydroxylation is 1. The number of hydrogen-bond donors (Lipinski definition) is 0. The molecule has 0 unspecified atom stereocenters. The van der Waals surface area contributed by atoms with Gasteiger partial charge >= 0.3 is 0 Å². The Bertz CT molecular complexity index is 397. The van der Waals surface area contributed by atoms with Crippen molar-refractivity contribution in [2.75, 3.05) is 0 Å². The summed E-state index contributed by atoms with van der Waals surface area (Å²) in [6, 6.07) is 9.05. The predicted octanol–water partition coefficient (Wildman–Crippen LogP) is 7.43. The molecule has 0 heteroatoms. The minimum Gasteiger partial charge on any atom is -0.0950 e. The second kappa shape index (κ2) is 11.5. The van der Waals surface area contributed by atoms with Crippen LogP contribution in [0.5, 0.6) is 0 Å². The summed E-state index contributed by atoms with van der Waals surface area (Å²) in [5, 5.41) is 0. The normalized spacial score (nSPS) is 11.1. The van der Waals surface area contributed by atoms with Crippen LogP contribution in [-0.4, -0.2) is 0 Å². The number of hydrogen-bond acceptors (Lipinski definition) is 0. The summed E-state index contributed by atoms with van der Waals surface area (Å²) in [7, 11) is 0. The molecule has 0 saturated heterocycles. The van der Waals surface area contributed by atoms with Crippen molar-refractivity contribution in [2.45, 2.75) is 85.0 Å². The predicted molar refractivity (Wildman–Crippen MR) is 101 cm³/mol. The van der Waals surface area contributed by atoms with Crippen molar-refractivity contribution in [1.29, 1.82) is 0 Å². The van der Waals surface area contributed by atoms with Crippen LogP contribution in [0.25, 0.3) is 5.57 Å². The first-order valence-corrected chi connectivity index (χ1v) is 9.43. The van der Waals surface area contributed by atoms with E-state index >= 15 is 0 Å². The van der Waals surface area contributed by atoms with Crippen LogP contribution in [0.3, 0.4) is 0 Å². The smallest absolute Gasteiger partial charge is 0.0219 e. The molecule has 0 fully saturated rings. The van der Waals surface area contributed by atoms with Gasteiger partial charge in [-0.3, -0.25) is 0 Å². The van der Waals surface area contributed by atoms with Gasteiger partial charge < -0.3 is 0 Å². The van der Waals surface area contributed by atoms with Gasteiger partial charge in [0.15, 0.2) is 0 Å². The van der Waals surface area contributed by atoms with E-state index in [1.54, 1.807) is 0 Å². The molecule has 0 aromatic heterocycles. The number of rotatable bonds is 12. The fourth-order valence-electron chi connectivity index (χ4n) is 2.86. The molecule has 22 heavy (non-hydrogen) atoms. The SMILES string of the molecule is C=C(c1ccc(CCCCCCCCCCC)cc1)C(C)C. The lowest BCUT2D eigenvalue weighted by atomic mass is 9.95. The molecule has 1 aromatic carbocycles. The summed E-state index contributed by atoms with van der Waals surface area (Å²) in [4.78, 5) is 0. The molecule has 0 heterocycles. The second-order valence-corrected chi connectivity index (χ2v) is 6.96. The zero-order valence-corrected chi connectivity index (χ0v) is 15.2. The van der Waals surface area contributed by atoms with Gasteiger partial charge in [-0.2, -0.15) is 0 Å². The van der Waals surface area contributed by atoms with E-state index in [0.29, 0.717) is 5.92 Å². The Labute approximate surface area is 139 Å². The standard InChI is InChI=1S/C22H36/c1-5-6-7-8-9-10-11-12-13-14-21-15-17-22(18-16-21)20(4)19(2)3/h15-19H,4-14H2,1-3H3. The monoisotopic (exact) mass is 300 g/mol. The molecule has 0 amide bonds. The van der Waals surface area contributed by atoms with Crippen LogP contribution in [0.15, 0.2) is 30.8 Å². The Morgan fingerprint density at radius 2 is 1.32 bits per heavy atom. The van der Waals surface area contributed by atoms with E-state index in [-0.39, 0.29) is 0 Å². The fraction of sp³-hybridized carbons (Fsp3) is 0.636. The van der Waals surface area contributed by atoms with Gasteiger partial charge in [-0.1, -0.05) is 103 Å². The first-order chi connectivity index (χ1) is 10.6. The largest absolute Gasteiger partial charge is 0.0950 e. The number of allylic oxidation sites excluding steroid dienone is 1. The van der Waals surface area contributed by atoms with Gasteiger partial charge in [-0.05, 0) is 35.5 Å². The van der Waals surface area contributed by atoms with Crippen molar-refractivity contribution >= 4 is 5.57 Å². The zero-order valence-electron chi connectivity index (χ0n) is 15.2. The molecule has 1 aromatic rings. The third-order valence-corrected chi connectivity index (χ3v) is 4.59. The van der Waals surface area contributed by atoms with E-state index in [1.165, 1.54) is 80.9 Å². The molecule has 0 aliphatic rings. The van der Waals surface area contributed by atoms with Crippen molar-refractivity contribution in [3.8, 4) is 0 Å². The van der Waals surface area contributed by atoms with Crippen LogP contribution in [0.4, 0.5) is 0 Å². The van der Waals surface area contributed by atoms with E-state index < -0.39 is 0 Å². The summed E-state index contributed by atoms with van der Waals surface area (Å²) in [5.41, 5.74) is 4.02. The summed E-state index contributed by atoms with van der Waals surface area (Å²) >= 11 is 0. The van der Waals surface area contributed by atoms with Gasteiger partial charge in [0.25, 0.3) is 0 Å². The van der Waals surface area contributed by atoms with Gasteiger partial charge in [0, 0.05) is 0 Å². The first-order valence-electron chi connectivity index (χ1n) is 9.43. The van der Waals surface area contributed by atoms with Crippen LogP contribution in [0.2, 0.25) is 0 Å². The topological polar surface area (TPSA) is 0 Å². The van der Waals surface area contributed by atoms with Gasteiger partial charge in [-0.15, -0.1) is 0 Å². The van der Waals surface area contributed by atoms with Gasteiger partial charge in [0.2, 0.25) is 0 Å². The zero-order chi connectivity index (χ0) is 16.2.